The van der Waals surface area contributed by atoms with Crippen LogP contribution in [0.2, 0.25) is 5.02 Å². The van der Waals surface area contributed by atoms with E-state index in [1.807, 2.05) is 30.3 Å². The number of aromatic nitrogens is 1. The lowest BCUT2D eigenvalue weighted by molar-refractivity contribution is -0.120. The summed E-state index contributed by atoms with van der Waals surface area (Å²) in [7, 11) is 0. The van der Waals surface area contributed by atoms with Gasteiger partial charge in [0.1, 0.15) is 5.82 Å². The number of nitrogens with one attached hydrogen (secondary N) is 1. The van der Waals surface area contributed by atoms with E-state index in [1.165, 1.54) is 6.20 Å². The molecule has 0 aliphatic rings. The lowest BCUT2D eigenvalue weighted by Gasteiger charge is -2.19. The minimum Gasteiger partial charge on any atom is -0.323 e. The lowest BCUT2D eigenvalue weighted by Crippen LogP contribution is -2.30. The van der Waals surface area contributed by atoms with Gasteiger partial charge < -0.3 is 11.1 Å². The van der Waals surface area contributed by atoms with E-state index >= 15 is 0 Å². The summed E-state index contributed by atoms with van der Waals surface area (Å²) < 4.78 is 0. The number of nitrogens with zero attached hydrogens (tertiary/aromatic N) is 1. The summed E-state index contributed by atoms with van der Waals surface area (Å²) >= 11 is 5.75. The normalized spacial score (nSPS) is 13.6. The van der Waals surface area contributed by atoms with Gasteiger partial charge in [-0.3, -0.25) is 4.79 Å². The standard InChI is InChI=1S/C15H16ClN3O/c1-10(14(17)11-5-3-2-4-6-11)15(20)19-13-8-7-12(16)9-18-13/h2-10,14H,17H2,1H3,(H,18,19,20). The van der Waals surface area contributed by atoms with Gasteiger partial charge in [0.25, 0.3) is 0 Å². The highest BCUT2D eigenvalue weighted by molar-refractivity contribution is 6.30. The molecule has 4 nitrogen and oxygen atoms in total. The van der Waals surface area contributed by atoms with Crippen LogP contribution in [0.15, 0.2) is 48.7 Å². The van der Waals surface area contributed by atoms with Crippen LogP contribution in [0.4, 0.5) is 5.82 Å². The maximum absolute atomic E-state index is 12.1. The van der Waals surface area contributed by atoms with Crippen LogP contribution in [0.25, 0.3) is 0 Å². The molecule has 0 spiro atoms. The third-order valence-corrected chi connectivity index (χ3v) is 3.34. The highest BCUT2D eigenvalue weighted by atomic mass is 35.5. The first-order valence-electron chi connectivity index (χ1n) is 6.31. The van der Waals surface area contributed by atoms with Gasteiger partial charge in [-0.1, -0.05) is 48.9 Å². The largest absolute Gasteiger partial charge is 0.323 e. The fourth-order valence-corrected chi connectivity index (χ4v) is 1.93. The molecule has 0 saturated carbocycles. The minimum atomic E-state index is -0.366. The zero-order valence-electron chi connectivity index (χ0n) is 11.1. The Hall–Kier alpha value is -1.91. The van der Waals surface area contributed by atoms with Crippen molar-refractivity contribution in [3.05, 3.63) is 59.2 Å². The highest BCUT2D eigenvalue weighted by Crippen LogP contribution is 2.20. The Morgan fingerprint density at radius 2 is 1.95 bits per heavy atom. The quantitative estimate of drug-likeness (QED) is 0.909. The van der Waals surface area contributed by atoms with Crippen molar-refractivity contribution in [3.63, 3.8) is 0 Å². The van der Waals surface area contributed by atoms with Crippen molar-refractivity contribution in [3.8, 4) is 0 Å². The predicted octanol–water partition coefficient (Wildman–Crippen LogP) is 3.01. The topological polar surface area (TPSA) is 68.0 Å². The van der Waals surface area contributed by atoms with Crippen molar-refractivity contribution in [1.29, 1.82) is 0 Å². The summed E-state index contributed by atoms with van der Waals surface area (Å²) in [4.78, 5) is 16.2. The molecule has 2 aromatic rings. The van der Waals surface area contributed by atoms with E-state index in [-0.39, 0.29) is 17.9 Å². The Morgan fingerprint density at radius 1 is 1.25 bits per heavy atom. The van der Waals surface area contributed by atoms with Crippen molar-refractivity contribution in [2.75, 3.05) is 5.32 Å². The molecule has 2 rings (SSSR count). The molecule has 0 radical (unpaired) electrons. The van der Waals surface area contributed by atoms with E-state index in [9.17, 15) is 4.79 Å². The molecule has 0 aliphatic carbocycles. The maximum atomic E-state index is 12.1. The minimum absolute atomic E-state index is 0.170. The number of benzene rings is 1. The van der Waals surface area contributed by atoms with Gasteiger partial charge in [-0.05, 0) is 17.7 Å². The third kappa shape index (κ3) is 3.56. The van der Waals surface area contributed by atoms with E-state index in [2.05, 4.69) is 10.3 Å². The molecule has 0 saturated heterocycles. The number of halogens is 1. The van der Waals surface area contributed by atoms with Gasteiger partial charge in [0, 0.05) is 12.2 Å². The molecular formula is C15H16ClN3O. The number of anilines is 1. The first-order chi connectivity index (χ1) is 9.58. The molecule has 1 amide bonds. The summed E-state index contributed by atoms with van der Waals surface area (Å²) in [5, 5.41) is 3.26. The zero-order chi connectivity index (χ0) is 14.5. The SMILES string of the molecule is CC(C(=O)Nc1ccc(Cl)cn1)C(N)c1ccccc1. The van der Waals surface area contributed by atoms with E-state index in [0.717, 1.165) is 5.56 Å². The smallest absolute Gasteiger partial charge is 0.230 e. The average Bonchev–Trinajstić information content (AvgIpc) is 2.49. The van der Waals surface area contributed by atoms with Gasteiger partial charge in [-0.15, -0.1) is 0 Å². The number of carbonyl (C=O) groups is 1. The fourth-order valence-electron chi connectivity index (χ4n) is 1.82. The first-order valence-corrected chi connectivity index (χ1v) is 6.68. The third-order valence-electron chi connectivity index (χ3n) is 3.12. The molecule has 2 atom stereocenters. The van der Waals surface area contributed by atoms with Crippen molar-refractivity contribution >= 4 is 23.3 Å². The summed E-state index contributed by atoms with van der Waals surface area (Å²) in [5.74, 6) is -0.0717. The Kier molecular flexibility index (Phi) is 4.71. The van der Waals surface area contributed by atoms with Crippen molar-refractivity contribution < 1.29 is 4.79 Å². The van der Waals surface area contributed by atoms with E-state index in [0.29, 0.717) is 10.8 Å². The second kappa shape index (κ2) is 6.50. The zero-order valence-corrected chi connectivity index (χ0v) is 11.8. The van der Waals surface area contributed by atoms with Crippen LogP contribution >= 0.6 is 11.6 Å². The molecule has 0 bridgehead atoms. The first kappa shape index (κ1) is 14.5. The second-order valence-corrected chi connectivity index (χ2v) is 5.01. The van der Waals surface area contributed by atoms with Gasteiger partial charge in [0.15, 0.2) is 0 Å². The molecule has 1 aromatic carbocycles. The van der Waals surface area contributed by atoms with Crippen molar-refractivity contribution in [2.24, 2.45) is 11.7 Å². The Bertz CT molecular complexity index is 571. The van der Waals surface area contributed by atoms with Gasteiger partial charge in [0.2, 0.25) is 5.91 Å². The Balaban J connectivity index is 2.03. The molecule has 2 unspecified atom stereocenters. The number of amides is 1. The van der Waals surface area contributed by atoms with Gasteiger partial charge in [-0.2, -0.15) is 0 Å². The summed E-state index contributed by atoms with van der Waals surface area (Å²) in [6.45, 7) is 1.79. The lowest BCUT2D eigenvalue weighted by atomic mass is 9.95. The van der Waals surface area contributed by atoms with Crippen LogP contribution in [0, 0.1) is 5.92 Å². The molecule has 20 heavy (non-hydrogen) atoms. The van der Waals surface area contributed by atoms with Crippen LogP contribution < -0.4 is 11.1 Å². The average molecular weight is 290 g/mol. The van der Waals surface area contributed by atoms with E-state index in [4.69, 9.17) is 17.3 Å². The number of hydrogen-bond acceptors (Lipinski definition) is 3. The summed E-state index contributed by atoms with van der Waals surface area (Å²) in [6.07, 6.45) is 1.49. The Labute approximate surface area is 123 Å². The molecule has 3 N–H and O–H groups in total. The van der Waals surface area contributed by atoms with Crippen LogP contribution in [-0.2, 0) is 4.79 Å². The second-order valence-electron chi connectivity index (χ2n) is 4.58. The van der Waals surface area contributed by atoms with E-state index in [1.54, 1.807) is 19.1 Å². The van der Waals surface area contributed by atoms with Gasteiger partial charge in [0.05, 0.1) is 10.9 Å². The van der Waals surface area contributed by atoms with Crippen LogP contribution in [0.5, 0.6) is 0 Å². The maximum Gasteiger partial charge on any atom is 0.230 e. The molecular weight excluding hydrogens is 274 g/mol. The molecule has 1 aromatic heterocycles. The molecule has 0 aliphatic heterocycles. The number of pyridine rings is 1. The fraction of sp³-hybridized carbons (Fsp3) is 0.200. The Morgan fingerprint density at radius 3 is 2.55 bits per heavy atom. The summed E-state index contributed by atoms with van der Waals surface area (Å²) in [5.41, 5.74) is 7.04. The number of rotatable bonds is 4. The van der Waals surface area contributed by atoms with Crippen LogP contribution in [0.1, 0.15) is 18.5 Å². The highest BCUT2D eigenvalue weighted by Gasteiger charge is 2.22. The molecule has 5 heteroatoms. The molecule has 104 valence electrons. The number of nitrogens with two attached hydrogens (primary N) is 1. The van der Waals surface area contributed by atoms with Crippen LogP contribution in [-0.4, -0.2) is 10.9 Å². The van der Waals surface area contributed by atoms with Gasteiger partial charge in [-0.25, -0.2) is 4.98 Å². The predicted molar refractivity (Wildman–Crippen MR) is 80.4 cm³/mol. The van der Waals surface area contributed by atoms with Crippen molar-refractivity contribution in [2.45, 2.75) is 13.0 Å². The van der Waals surface area contributed by atoms with E-state index < -0.39 is 0 Å². The molecule has 1 heterocycles. The van der Waals surface area contributed by atoms with Crippen LogP contribution in [0.3, 0.4) is 0 Å². The number of hydrogen-bond donors (Lipinski definition) is 2. The summed E-state index contributed by atoms with van der Waals surface area (Å²) in [6, 6.07) is 12.5. The van der Waals surface area contributed by atoms with Crippen molar-refractivity contribution in [1.82, 2.24) is 4.98 Å². The number of carbonyl (C=O) groups excluding carboxylic acids is 1. The molecule has 0 fully saturated rings. The van der Waals surface area contributed by atoms with Gasteiger partial charge >= 0.3 is 0 Å². The monoisotopic (exact) mass is 289 g/mol.